The van der Waals surface area contributed by atoms with Crippen LogP contribution in [0, 0.1) is 17.3 Å². The number of hydrogen-bond acceptors (Lipinski definition) is 2. The van der Waals surface area contributed by atoms with Crippen LogP contribution in [0.25, 0.3) is 0 Å². The molecule has 0 spiro atoms. The predicted molar refractivity (Wildman–Crippen MR) is 71.9 cm³/mol. The van der Waals surface area contributed by atoms with Crippen LogP contribution in [-0.4, -0.2) is 19.8 Å². The zero-order chi connectivity index (χ0) is 12.1. The predicted octanol–water partition coefficient (Wildman–Crippen LogP) is 3.35. The second-order valence-corrected chi connectivity index (χ2v) is 6.39. The molecule has 2 heteroatoms. The van der Waals surface area contributed by atoms with E-state index in [1.807, 2.05) is 0 Å². The molecule has 0 saturated heterocycles. The van der Waals surface area contributed by atoms with Crippen LogP contribution in [0.2, 0.25) is 0 Å². The summed E-state index contributed by atoms with van der Waals surface area (Å²) in [6, 6.07) is 0. The van der Waals surface area contributed by atoms with E-state index < -0.39 is 0 Å². The van der Waals surface area contributed by atoms with E-state index in [1.54, 1.807) is 0 Å². The monoisotopic (exact) mass is 239 g/mol. The van der Waals surface area contributed by atoms with Crippen LogP contribution in [0.3, 0.4) is 0 Å². The first-order valence-corrected chi connectivity index (χ1v) is 7.56. The molecule has 2 aliphatic carbocycles. The fourth-order valence-corrected chi connectivity index (χ4v) is 3.12. The Labute approximate surface area is 106 Å². The van der Waals surface area contributed by atoms with E-state index in [0.717, 1.165) is 31.6 Å². The molecule has 2 fully saturated rings. The molecular weight excluding hydrogens is 210 g/mol. The van der Waals surface area contributed by atoms with Crippen LogP contribution in [-0.2, 0) is 4.74 Å². The summed E-state index contributed by atoms with van der Waals surface area (Å²) in [7, 11) is 0. The minimum Gasteiger partial charge on any atom is -0.381 e. The molecule has 2 N–H and O–H groups in total. The molecule has 0 aromatic heterocycles. The molecule has 0 amide bonds. The van der Waals surface area contributed by atoms with Gasteiger partial charge in [0.25, 0.3) is 0 Å². The maximum atomic E-state index is 6.01. The van der Waals surface area contributed by atoms with Crippen molar-refractivity contribution in [1.82, 2.24) is 0 Å². The third kappa shape index (κ3) is 3.96. The van der Waals surface area contributed by atoms with E-state index in [2.05, 4.69) is 6.92 Å². The molecule has 0 aromatic rings. The van der Waals surface area contributed by atoms with Crippen molar-refractivity contribution in [3.05, 3.63) is 0 Å². The Morgan fingerprint density at radius 1 is 1.12 bits per heavy atom. The van der Waals surface area contributed by atoms with Gasteiger partial charge in [-0.1, -0.05) is 19.8 Å². The Hall–Kier alpha value is -0.0800. The highest BCUT2D eigenvalue weighted by Crippen LogP contribution is 2.40. The normalized spacial score (nSPS) is 33.9. The summed E-state index contributed by atoms with van der Waals surface area (Å²) in [5.41, 5.74) is 6.33. The van der Waals surface area contributed by atoms with Crippen LogP contribution in [0.1, 0.15) is 58.3 Å². The van der Waals surface area contributed by atoms with Crippen LogP contribution >= 0.6 is 0 Å². The van der Waals surface area contributed by atoms with Crippen LogP contribution < -0.4 is 5.73 Å². The average molecular weight is 239 g/mol. The fourth-order valence-electron chi connectivity index (χ4n) is 3.12. The first-order valence-electron chi connectivity index (χ1n) is 7.56. The third-order valence-electron chi connectivity index (χ3n) is 4.75. The number of hydrogen-bond donors (Lipinski definition) is 1. The van der Waals surface area contributed by atoms with E-state index in [9.17, 15) is 0 Å². The molecule has 0 radical (unpaired) electrons. The molecule has 2 nitrogen and oxygen atoms in total. The SMILES string of the molecule is CCCC1CCC(CN)(COCC2CC2)CC1. The maximum Gasteiger partial charge on any atom is 0.0534 e. The lowest BCUT2D eigenvalue weighted by Gasteiger charge is -2.39. The quantitative estimate of drug-likeness (QED) is 0.739. The lowest BCUT2D eigenvalue weighted by Crippen LogP contribution is -2.39. The lowest BCUT2D eigenvalue weighted by atomic mass is 9.70. The topological polar surface area (TPSA) is 35.2 Å². The largest absolute Gasteiger partial charge is 0.381 e. The second kappa shape index (κ2) is 6.19. The number of ether oxygens (including phenoxy) is 1. The Kier molecular flexibility index (Phi) is 4.87. The van der Waals surface area contributed by atoms with E-state index in [0.29, 0.717) is 5.41 Å². The highest BCUT2D eigenvalue weighted by Gasteiger charge is 2.34. The number of rotatable bonds is 7. The molecule has 2 aliphatic rings. The molecule has 2 rings (SSSR count). The van der Waals surface area contributed by atoms with Gasteiger partial charge in [-0.25, -0.2) is 0 Å². The Bertz CT molecular complexity index is 217. The van der Waals surface area contributed by atoms with Gasteiger partial charge in [0.15, 0.2) is 0 Å². The van der Waals surface area contributed by atoms with Crippen molar-refractivity contribution in [2.45, 2.75) is 58.3 Å². The Balaban J connectivity index is 1.71. The maximum absolute atomic E-state index is 6.01. The molecule has 0 atom stereocenters. The highest BCUT2D eigenvalue weighted by atomic mass is 16.5. The van der Waals surface area contributed by atoms with Crippen molar-refractivity contribution in [1.29, 1.82) is 0 Å². The molecule has 0 unspecified atom stereocenters. The zero-order valence-electron chi connectivity index (χ0n) is 11.4. The highest BCUT2D eigenvalue weighted by molar-refractivity contribution is 4.86. The average Bonchev–Trinajstić information content (AvgIpc) is 3.16. The van der Waals surface area contributed by atoms with Crippen LogP contribution in [0.15, 0.2) is 0 Å². The fraction of sp³-hybridized carbons (Fsp3) is 1.00. The molecule has 2 saturated carbocycles. The van der Waals surface area contributed by atoms with Crippen molar-refractivity contribution >= 4 is 0 Å². The summed E-state index contributed by atoms with van der Waals surface area (Å²) in [6.45, 7) is 5.01. The first-order chi connectivity index (χ1) is 8.28. The molecule has 0 heterocycles. The van der Waals surface area contributed by atoms with Crippen molar-refractivity contribution < 1.29 is 4.74 Å². The summed E-state index contributed by atoms with van der Waals surface area (Å²) >= 11 is 0. The minimum atomic E-state index is 0.319. The van der Waals surface area contributed by atoms with E-state index in [1.165, 1.54) is 51.4 Å². The van der Waals surface area contributed by atoms with Gasteiger partial charge >= 0.3 is 0 Å². The molecule has 17 heavy (non-hydrogen) atoms. The van der Waals surface area contributed by atoms with Crippen molar-refractivity contribution in [2.75, 3.05) is 19.8 Å². The summed E-state index contributed by atoms with van der Waals surface area (Å²) in [5.74, 6) is 1.84. The van der Waals surface area contributed by atoms with Crippen molar-refractivity contribution in [3.8, 4) is 0 Å². The van der Waals surface area contributed by atoms with Gasteiger partial charge in [0.05, 0.1) is 6.61 Å². The first kappa shape index (κ1) is 13.4. The van der Waals surface area contributed by atoms with E-state index in [4.69, 9.17) is 10.5 Å². The number of nitrogens with two attached hydrogens (primary N) is 1. The molecular formula is C15H29NO. The van der Waals surface area contributed by atoms with Gasteiger partial charge in [0, 0.05) is 18.6 Å². The van der Waals surface area contributed by atoms with Gasteiger partial charge in [-0.2, -0.15) is 0 Å². The van der Waals surface area contributed by atoms with Gasteiger partial charge in [-0.05, 0) is 50.4 Å². The Morgan fingerprint density at radius 3 is 2.35 bits per heavy atom. The third-order valence-corrected chi connectivity index (χ3v) is 4.75. The summed E-state index contributed by atoms with van der Waals surface area (Å²) in [6.07, 6.45) is 10.8. The summed E-state index contributed by atoms with van der Waals surface area (Å²) < 4.78 is 5.91. The Morgan fingerprint density at radius 2 is 1.82 bits per heavy atom. The van der Waals surface area contributed by atoms with Crippen molar-refractivity contribution in [3.63, 3.8) is 0 Å². The minimum absolute atomic E-state index is 0.319. The zero-order valence-corrected chi connectivity index (χ0v) is 11.4. The van der Waals surface area contributed by atoms with Crippen LogP contribution in [0.5, 0.6) is 0 Å². The standard InChI is InChI=1S/C15H29NO/c1-2-3-13-6-8-15(11-16,9-7-13)12-17-10-14-4-5-14/h13-14H,2-12,16H2,1H3. The summed E-state index contributed by atoms with van der Waals surface area (Å²) in [4.78, 5) is 0. The molecule has 0 aliphatic heterocycles. The smallest absolute Gasteiger partial charge is 0.0534 e. The van der Waals surface area contributed by atoms with E-state index >= 15 is 0 Å². The van der Waals surface area contributed by atoms with Crippen LogP contribution in [0.4, 0.5) is 0 Å². The van der Waals surface area contributed by atoms with Gasteiger partial charge < -0.3 is 10.5 Å². The molecule has 100 valence electrons. The van der Waals surface area contributed by atoms with Gasteiger partial charge in [-0.15, -0.1) is 0 Å². The molecule has 0 bridgehead atoms. The van der Waals surface area contributed by atoms with Gasteiger partial charge in [0.2, 0.25) is 0 Å². The van der Waals surface area contributed by atoms with E-state index in [-0.39, 0.29) is 0 Å². The lowest BCUT2D eigenvalue weighted by molar-refractivity contribution is 0.0106. The van der Waals surface area contributed by atoms with Gasteiger partial charge in [0.1, 0.15) is 0 Å². The van der Waals surface area contributed by atoms with Crippen molar-refractivity contribution in [2.24, 2.45) is 23.0 Å². The van der Waals surface area contributed by atoms with Gasteiger partial charge in [-0.3, -0.25) is 0 Å². The molecule has 0 aromatic carbocycles. The summed E-state index contributed by atoms with van der Waals surface area (Å²) in [5, 5.41) is 0. The second-order valence-electron chi connectivity index (χ2n) is 6.39.